The van der Waals surface area contributed by atoms with Gasteiger partial charge in [0.1, 0.15) is 6.61 Å². The second-order valence-corrected chi connectivity index (χ2v) is 7.37. The molecule has 1 N–H and O–H groups in total. The van der Waals surface area contributed by atoms with E-state index in [0.29, 0.717) is 34.1 Å². The van der Waals surface area contributed by atoms with Gasteiger partial charge in [-0.25, -0.2) is 9.78 Å². The third-order valence-corrected chi connectivity index (χ3v) is 5.70. The maximum atomic E-state index is 13.0. The molecule has 0 spiro atoms. The summed E-state index contributed by atoms with van der Waals surface area (Å²) >= 11 is 6.07. The predicted octanol–water partition coefficient (Wildman–Crippen LogP) is 2.73. The third kappa shape index (κ3) is 2.14. The van der Waals surface area contributed by atoms with Crippen LogP contribution < -0.4 is 5.56 Å². The molecule has 2 aromatic heterocycles. The fourth-order valence-electron chi connectivity index (χ4n) is 3.96. The highest BCUT2D eigenvalue weighted by molar-refractivity contribution is 6.31. The number of halogens is 1. The number of fused-ring (bicyclic) bond motifs is 5. The number of carbonyl (C=O) groups excluding carboxylic acids is 1. The number of esters is 1. The number of pyridine rings is 2. The number of nitrogens with zero attached hydrogens (tertiary/aromatic N) is 2. The van der Waals surface area contributed by atoms with Crippen LogP contribution in [-0.2, 0) is 28.3 Å². The second-order valence-electron chi connectivity index (χ2n) is 6.94. The lowest BCUT2D eigenvalue weighted by molar-refractivity contribution is -0.172. The molecule has 3 aromatic rings. The minimum absolute atomic E-state index is 0.123. The van der Waals surface area contributed by atoms with E-state index >= 15 is 0 Å². The van der Waals surface area contributed by atoms with Crippen LogP contribution in [0, 0.1) is 0 Å². The first-order valence-electron chi connectivity index (χ1n) is 8.68. The molecule has 0 saturated carbocycles. The molecule has 4 heterocycles. The lowest BCUT2D eigenvalue weighted by Crippen LogP contribution is -2.44. The maximum Gasteiger partial charge on any atom is 0.343 e. The Bertz CT molecular complexity index is 1220. The fraction of sp³-hybridized carbons (Fsp3) is 0.250. The zero-order chi connectivity index (χ0) is 18.9. The van der Waals surface area contributed by atoms with Gasteiger partial charge in [0, 0.05) is 21.5 Å². The minimum atomic E-state index is -1.81. The fourth-order valence-corrected chi connectivity index (χ4v) is 4.14. The summed E-state index contributed by atoms with van der Waals surface area (Å²) in [6.07, 6.45) is 0.123. The first-order valence-corrected chi connectivity index (χ1v) is 9.06. The molecule has 27 heavy (non-hydrogen) atoms. The molecule has 5 rings (SSSR count). The summed E-state index contributed by atoms with van der Waals surface area (Å²) in [4.78, 5) is 29.9. The molecule has 2 aliphatic rings. The average molecular weight is 383 g/mol. The van der Waals surface area contributed by atoms with Gasteiger partial charge in [0.2, 0.25) is 0 Å². The average Bonchev–Trinajstić information content (AvgIpc) is 3.01. The van der Waals surface area contributed by atoms with Gasteiger partial charge in [-0.2, -0.15) is 0 Å². The summed E-state index contributed by atoms with van der Waals surface area (Å²) in [6, 6.07) is 9.12. The van der Waals surface area contributed by atoms with Crippen LogP contribution in [0.5, 0.6) is 0 Å². The van der Waals surface area contributed by atoms with Crippen molar-refractivity contribution in [2.75, 3.05) is 0 Å². The SMILES string of the molecule is CC[C@@]1(O)C(=O)OCc2c1cc1n(c2=O)Cc2cc3cc(Cl)ccc3nc2-1. The largest absolute Gasteiger partial charge is 0.458 e. The number of rotatable bonds is 1. The number of hydrogen-bond donors (Lipinski definition) is 1. The highest BCUT2D eigenvalue weighted by Crippen LogP contribution is 2.38. The quantitative estimate of drug-likeness (QED) is 0.512. The Morgan fingerprint density at radius 2 is 2.11 bits per heavy atom. The molecule has 0 fully saturated rings. The molecule has 2 aliphatic heterocycles. The van der Waals surface area contributed by atoms with Crippen LogP contribution in [0.3, 0.4) is 0 Å². The van der Waals surface area contributed by atoms with E-state index < -0.39 is 11.6 Å². The standard InChI is InChI=1S/C20H15ClN2O4/c1-2-20(26)14-7-16-17-11(5-10-6-12(21)3-4-15(10)22-17)8-23(16)18(24)13(14)9-27-19(20)25/h3-7,26H,2,8-9H2,1H3/t20-/m0/s1. The lowest BCUT2D eigenvalue weighted by atomic mass is 9.86. The van der Waals surface area contributed by atoms with E-state index in [0.717, 1.165) is 16.5 Å². The smallest absolute Gasteiger partial charge is 0.343 e. The summed E-state index contributed by atoms with van der Waals surface area (Å²) in [5.41, 5.74) is 1.52. The first kappa shape index (κ1) is 16.5. The van der Waals surface area contributed by atoms with E-state index in [4.69, 9.17) is 21.3 Å². The Kier molecular flexibility index (Phi) is 3.30. The van der Waals surface area contributed by atoms with E-state index in [1.54, 1.807) is 23.6 Å². The zero-order valence-electron chi connectivity index (χ0n) is 14.5. The molecule has 7 heteroatoms. The van der Waals surface area contributed by atoms with Crippen molar-refractivity contribution in [1.82, 2.24) is 9.55 Å². The molecule has 0 bridgehead atoms. The highest BCUT2D eigenvalue weighted by atomic mass is 35.5. The van der Waals surface area contributed by atoms with Crippen molar-refractivity contribution in [2.24, 2.45) is 0 Å². The number of benzene rings is 1. The lowest BCUT2D eigenvalue weighted by Gasteiger charge is -2.31. The van der Waals surface area contributed by atoms with Gasteiger partial charge >= 0.3 is 5.97 Å². The van der Waals surface area contributed by atoms with Crippen LogP contribution >= 0.6 is 11.6 Å². The molecule has 1 atom stereocenters. The normalized spacial score (nSPS) is 20.2. The van der Waals surface area contributed by atoms with Gasteiger partial charge < -0.3 is 14.4 Å². The van der Waals surface area contributed by atoms with Crippen molar-refractivity contribution in [3.05, 3.63) is 62.4 Å². The Labute approximate surface area is 159 Å². The Morgan fingerprint density at radius 1 is 1.30 bits per heavy atom. The van der Waals surface area contributed by atoms with Gasteiger partial charge in [0.05, 0.1) is 29.0 Å². The molecule has 136 valence electrons. The molecule has 0 radical (unpaired) electrons. The molecular weight excluding hydrogens is 368 g/mol. The summed E-state index contributed by atoms with van der Waals surface area (Å²) in [6.45, 7) is 1.94. The van der Waals surface area contributed by atoms with Gasteiger partial charge in [-0.15, -0.1) is 0 Å². The van der Waals surface area contributed by atoms with Crippen LogP contribution in [0.2, 0.25) is 5.02 Å². The number of hydrogen-bond acceptors (Lipinski definition) is 5. The van der Waals surface area contributed by atoms with Gasteiger partial charge in [-0.3, -0.25) is 4.79 Å². The zero-order valence-corrected chi connectivity index (χ0v) is 15.2. The highest BCUT2D eigenvalue weighted by Gasteiger charge is 2.45. The van der Waals surface area contributed by atoms with Gasteiger partial charge in [-0.05, 0) is 36.8 Å². The van der Waals surface area contributed by atoms with Crippen molar-refractivity contribution >= 4 is 28.5 Å². The van der Waals surface area contributed by atoms with Gasteiger partial charge in [0.15, 0.2) is 5.60 Å². The molecule has 1 aromatic carbocycles. The summed E-state index contributed by atoms with van der Waals surface area (Å²) in [7, 11) is 0. The van der Waals surface area contributed by atoms with Crippen LogP contribution in [0.15, 0.2) is 35.1 Å². The van der Waals surface area contributed by atoms with Crippen LogP contribution in [0.1, 0.15) is 30.0 Å². The van der Waals surface area contributed by atoms with Crippen molar-refractivity contribution in [2.45, 2.75) is 32.1 Å². The molecule has 0 saturated heterocycles. The monoisotopic (exact) mass is 382 g/mol. The number of aliphatic hydroxyl groups is 1. The van der Waals surface area contributed by atoms with Crippen molar-refractivity contribution < 1.29 is 14.6 Å². The number of carbonyl (C=O) groups is 1. The molecular formula is C20H15ClN2O4. The van der Waals surface area contributed by atoms with Crippen LogP contribution in [-0.4, -0.2) is 20.6 Å². The maximum absolute atomic E-state index is 13.0. The van der Waals surface area contributed by atoms with E-state index in [2.05, 4.69) is 0 Å². The molecule has 0 aliphatic carbocycles. The number of ether oxygens (including phenoxy) is 1. The summed E-state index contributed by atoms with van der Waals surface area (Å²) in [5.74, 6) is -0.721. The van der Waals surface area contributed by atoms with Gasteiger partial charge in [0.25, 0.3) is 5.56 Å². The topological polar surface area (TPSA) is 81.4 Å². The summed E-state index contributed by atoms with van der Waals surface area (Å²) in [5, 5.41) is 12.4. The van der Waals surface area contributed by atoms with E-state index in [9.17, 15) is 14.7 Å². The van der Waals surface area contributed by atoms with Crippen molar-refractivity contribution in [3.63, 3.8) is 0 Å². The summed E-state index contributed by atoms with van der Waals surface area (Å²) < 4.78 is 6.69. The van der Waals surface area contributed by atoms with Crippen LogP contribution in [0.4, 0.5) is 0 Å². The van der Waals surface area contributed by atoms with E-state index in [1.165, 1.54) is 0 Å². The first-order chi connectivity index (χ1) is 12.9. The number of aromatic nitrogens is 2. The Balaban J connectivity index is 1.80. The number of cyclic esters (lactones) is 1. The molecule has 0 unspecified atom stereocenters. The van der Waals surface area contributed by atoms with Crippen molar-refractivity contribution in [1.29, 1.82) is 0 Å². The van der Waals surface area contributed by atoms with Crippen LogP contribution in [0.25, 0.3) is 22.3 Å². The van der Waals surface area contributed by atoms with Crippen molar-refractivity contribution in [3.8, 4) is 11.4 Å². The Hall–Kier alpha value is -2.70. The predicted molar refractivity (Wildman–Crippen MR) is 99.5 cm³/mol. The van der Waals surface area contributed by atoms with E-state index in [1.807, 2.05) is 18.2 Å². The third-order valence-electron chi connectivity index (χ3n) is 5.47. The minimum Gasteiger partial charge on any atom is -0.458 e. The van der Waals surface area contributed by atoms with Gasteiger partial charge in [-0.1, -0.05) is 18.5 Å². The second kappa shape index (κ2) is 5.41. The van der Waals surface area contributed by atoms with E-state index in [-0.39, 0.29) is 18.6 Å². The molecule has 0 amide bonds. The molecule has 6 nitrogen and oxygen atoms in total. The Morgan fingerprint density at radius 3 is 2.89 bits per heavy atom.